The summed E-state index contributed by atoms with van der Waals surface area (Å²) in [5.74, 6) is 0. The molecule has 20 heavy (non-hydrogen) atoms. The highest BCUT2D eigenvalue weighted by molar-refractivity contribution is 5.10. The molecule has 4 heteroatoms. The molecule has 0 unspecified atom stereocenters. The van der Waals surface area contributed by atoms with Crippen LogP contribution in [-0.2, 0) is 17.9 Å². The molecule has 0 aliphatic heterocycles. The number of pyridine rings is 1. The van der Waals surface area contributed by atoms with E-state index >= 15 is 0 Å². The molecule has 1 aromatic heterocycles. The summed E-state index contributed by atoms with van der Waals surface area (Å²) >= 11 is 0. The second kappa shape index (κ2) is 9.86. The highest BCUT2D eigenvalue weighted by atomic mass is 16.5. The fraction of sp³-hybridized carbons (Fsp3) is 0.688. The molecule has 0 aliphatic rings. The van der Waals surface area contributed by atoms with Crippen LogP contribution in [0.25, 0.3) is 0 Å². The van der Waals surface area contributed by atoms with E-state index in [4.69, 9.17) is 4.74 Å². The van der Waals surface area contributed by atoms with Crippen molar-refractivity contribution >= 4 is 0 Å². The van der Waals surface area contributed by atoms with Crippen molar-refractivity contribution in [1.29, 1.82) is 0 Å². The van der Waals surface area contributed by atoms with Crippen molar-refractivity contribution in [2.45, 2.75) is 46.9 Å². The number of ether oxygens (including phenoxy) is 1. The Balaban J connectivity index is 2.31. The summed E-state index contributed by atoms with van der Waals surface area (Å²) in [6, 6.07) is 6.60. The van der Waals surface area contributed by atoms with Crippen LogP contribution < -0.4 is 5.32 Å². The van der Waals surface area contributed by atoms with E-state index in [0.29, 0.717) is 12.6 Å². The number of nitrogens with zero attached hydrogens (tertiary/aromatic N) is 2. The molecule has 0 saturated carbocycles. The Morgan fingerprint density at radius 2 is 1.90 bits per heavy atom. The Hall–Kier alpha value is -0.970. The van der Waals surface area contributed by atoms with Crippen LogP contribution in [0.5, 0.6) is 0 Å². The van der Waals surface area contributed by atoms with Crippen LogP contribution in [0.1, 0.15) is 39.1 Å². The van der Waals surface area contributed by atoms with Gasteiger partial charge in [-0.1, -0.05) is 33.8 Å². The second-order valence-corrected chi connectivity index (χ2v) is 5.24. The van der Waals surface area contributed by atoms with Gasteiger partial charge in [-0.2, -0.15) is 0 Å². The first kappa shape index (κ1) is 17.1. The van der Waals surface area contributed by atoms with Gasteiger partial charge in [-0.05, 0) is 25.2 Å². The van der Waals surface area contributed by atoms with Gasteiger partial charge in [-0.3, -0.25) is 4.98 Å². The second-order valence-electron chi connectivity index (χ2n) is 5.24. The molecule has 0 atom stereocenters. The maximum absolute atomic E-state index is 5.71. The van der Waals surface area contributed by atoms with Gasteiger partial charge >= 0.3 is 0 Å². The molecule has 1 N–H and O–H groups in total. The van der Waals surface area contributed by atoms with E-state index in [0.717, 1.165) is 44.2 Å². The number of rotatable bonds is 10. The average molecular weight is 279 g/mol. The SMILES string of the molecule is CCN(CC)CCOCc1cccc(CNC(C)C)n1. The third kappa shape index (κ3) is 6.98. The molecule has 0 amide bonds. The maximum Gasteiger partial charge on any atom is 0.0888 e. The predicted octanol–water partition coefficient (Wildman–Crippen LogP) is 2.44. The molecule has 0 aromatic carbocycles. The normalized spacial score (nSPS) is 11.5. The summed E-state index contributed by atoms with van der Waals surface area (Å²) in [6.45, 7) is 13.9. The molecule has 0 spiro atoms. The number of hydrogen-bond acceptors (Lipinski definition) is 4. The standard InChI is InChI=1S/C16H29N3O/c1-5-19(6-2)10-11-20-13-16-9-7-8-15(18-16)12-17-14(3)4/h7-9,14,17H,5-6,10-13H2,1-4H3. The van der Waals surface area contributed by atoms with Crippen molar-refractivity contribution in [2.24, 2.45) is 0 Å². The van der Waals surface area contributed by atoms with Gasteiger partial charge in [0, 0.05) is 19.1 Å². The molecule has 0 saturated heterocycles. The smallest absolute Gasteiger partial charge is 0.0888 e. The van der Waals surface area contributed by atoms with Gasteiger partial charge in [0.2, 0.25) is 0 Å². The molecule has 114 valence electrons. The molecular formula is C16H29N3O. The summed E-state index contributed by atoms with van der Waals surface area (Å²) in [4.78, 5) is 6.96. The average Bonchev–Trinajstić information content (AvgIpc) is 2.46. The van der Waals surface area contributed by atoms with E-state index in [1.54, 1.807) is 0 Å². The molecule has 1 aromatic rings. The molecule has 0 radical (unpaired) electrons. The first-order valence-electron chi connectivity index (χ1n) is 7.64. The minimum atomic E-state index is 0.478. The molecule has 0 bridgehead atoms. The third-order valence-electron chi connectivity index (χ3n) is 3.25. The van der Waals surface area contributed by atoms with E-state index < -0.39 is 0 Å². The Morgan fingerprint density at radius 3 is 2.55 bits per heavy atom. The lowest BCUT2D eigenvalue weighted by Gasteiger charge is -2.17. The lowest BCUT2D eigenvalue weighted by molar-refractivity contribution is 0.0935. The maximum atomic E-state index is 5.71. The van der Waals surface area contributed by atoms with Crippen molar-refractivity contribution in [2.75, 3.05) is 26.2 Å². The summed E-state index contributed by atoms with van der Waals surface area (Å²) in [6.07, 6.45) is 0. The minimum Gasteiger partial charge on any atom is -0.374 e. The van der Waals surface area contributed by atoms with Gasteiger partial charge in [0.05, 0.1) is 24.6 Å². The highest BCUT2D eigenvalue weighted by Crippen LogP contribution is 2.02. The van der Waals surface area contributed by atoms with Crippen LogP contribution >= 0.6 is 0 Å². The number of nitrogens with one attached hydrogen (secondary N) is 1. The molecule has 0 aliphatic carbocycles. The predicted molar refractivity (Wildman–Crippen MR) is 83.7 cm³/mol. The summed E-state index contributed by atoms with van der Waals surface area (Å²) in [7, 11) is 0. The fourth-order valence-corrected chi connectivity index (χ4v) is 1.93. The van der Waals surface area contributed by atoms with Gasteiger partial charge in [0.15, 0.2) is 0 Å². The molecule has 0 fully saturated rings. The zero-order chi connectivity index (χ0) is 14.8. The lowest BCUT2D eigenvalue weighted by atomic mass is 10.3. The van der Waals surface area contributed by atoms with Gasteiger partial charge in [-0.25, -0.2) is 0 Å². The van der Waals surface area contributed by atoms with Gasteiger partial charge in [0.1, 0.15) is 0 Å². The Bertz CT molecular complexity index is 364. The zero-order valence-electron chi connectivity index (χ0n) is 13.4. The van der Waals surface area contributed by atoms with E-state index in [-0.39, 0.29) is 0 Å². The van der Waals surface area contributed by atoms with E-state index in [1.165, 1.54) is 0 Å². The lowest BCUT2D eigenvalue weighted by Crippen LogP contribution is -2.27. The quantitative estimate of drug-likeness (QED) is 0.668. The molecule has 1 rings (SSSR count). The number of likely N-dealkylation sites (N-methyl/N-ethyl adjacent to an activating group) is 1. The van der Waals surface area contributed by atoms with Crippen molar-refractivity contribution in [3.05, 3.63) is 29.6 Å². The van der Waals surface area contributed by atoms with Gasteiger partial charge < -0.3 is 15.0 Å². The first-order valence-corrected chi connectivity index (χ1v) is 7.64. The van der Waals surface area contributed by atoms with Crippen LogP contribution in [0.15, 0.2) is 18.2 Å². The van der Waals surface area contributed by atoms with Crippen molar-refractivity contribution < 1.29 is 4.74 Å². The largest absolute Gasteiger partial charge is 0.374 e. The Morgan fingerprint density at radius 1 is 1.20 bits per heavy atom. The van der Waals surface area contributed by atoms with E-state index in [2.05, 4.69) is 49.0 Å². The summed E-state index contributed by atoms with van der Waals surface area (Å²) < 4.78 is 5.71. The van der Waals surface area contributed by atoms with Crippen LogP contribution in [0.4, 0.5) is 0 Å². The monoisotopic (exact) mass is 279 g/mol. The molecular weight excluding hydrogens is 250 g/mol. The number of hydrogen-bond donors (Lipinski definition) is 1. The van der Waals surface area contributed by atoms with Crippen molar-refractivity contribution in [3.8, 4) is 0 Å². The van der Waals surface area contributed by atoms with Crippen LogP contribution in [-0.4, -0.2) is 42.2 Å². The van der Waals surface area contributed by atoms with Crippen LogP contribution in [0, 0.1) is 0 Å². The number of aromatic nitrogens is 1. The Labute approximate surface area is 123 Å². The summed E-state index contributed by atoms with van der Waals surface area (Å²) in [5, 5.41) is 3.38. The first-order chi connectivity index (χ1) is 9.65. The molecule has 4 nitrogen and oxygen atoms in total. The van der Waals surface area contributed by atoms with Crippen LogP contribution in [0.3, 0.4) is 0 Å². The van der Waals surface area contributed by atoms with Gasteiger partial charge in [-0.15, -0.1) is 0 Å². The van der Waals surface area contributed by atoms with Crippen molar-refractivity contribution in [3.63, 3.8) is 0 Å². The topological polar surface area (TPSA) is 37.4 Å². The minimum absolute atomic E-state index is 0.478. The zero-order valence-corrected chi connectivity index (χ0v) is 13.4. The van der Waals surface area contributed by atoms with Crippen LogP contribution in [0.2, 0.25) is 0 Å². The van der Waals surface area contributed by atoms with E-state index in [9.17, 15) is 0 Å². The molecule has 1 heterocycles. The third-order valence-corrected chi connectivity index (χ3v) is 3.25. The Kier molecular flexibility index (Phi) is 8.42. The highest BCUT2D eigenvalue weighted by Gasteiger charge is 2.01. The van der Waals surface area contributed by atoms with Crippen molar-refractivity contribution in [1.82, 2.24) is 15.2 Å². The summed E-state index contributed by atoms with van der Waals surface area (Å²) in [5.41, 5.74) is 2.08. The van der Waals surface area contributed by atoms with Gasteiger partial charge in [0.25, 0.3) is 0 Å². The van der Waals surface area contributed by atoms with E-state index in [1.807, 2.05) is 12.1 Å². The fourth-order valence-electron chi connectivity index (χ4n) is 1.93.